The molecule has 1 heteroatoms. The van der Waals surface area contributed by atoms with Gasteiger partial charge < -0.3 is 0 Å². The van der Waals surface area contributed by atoms with E-state index in [1.807, 2.05) is 0 Å². The molecule has 0 fully saturated rings. The van der Waals surface area contributed by atoms with Gasteiger partial charge in [-0.1, -0.05) is 32.8 Å². The molecule has 0 nitrogen and oxygen atoms in total. The molecule has 0 aliphatic heterocycles. The third-order valence-corrected chi connectivity index (χ3v) is 2.77. The molecule has 1 rings (SSSR count). The second-order valence-corrected chi connectivity index (χ2v) is 4.06. The van der Waals surface area contributed by atoms with Crippen molar-refractivity contribution in [1.82, 2.24) is 0 Å². The molecule has 0 saturated heterocycles. The standard InChI is InChI=1S/C12H18S/c1-3-5-7-11(6-4-2)12-8-9-13-10-12/h7-10H,3-6H2,1-2H3/b11-7+. The Morgan fingerprint density at radius 1 is 1.38 bits per heavy atom. The molecule has 72 valence electrons. The molecular formula is C12H18S. The van der Waals surface area contributed by atoms with E-state index in [1.54, 1.807) is 11.3 Å². The zero-order chi connectivity index (χ0) is 9.52. The van der Waals surface area contributed by atoms with Gasteiger partial charge in [-0.3, -0.25) is 0 Å². The molecule has 1 aromatic rings. The molecule has 0 spiro atoms. The predicted octanol–water partition coefficient (Wildman–Crippen LogP) is 4.73. The van der Waals surface area contributed by atoms with E-state index >= 15 is 0 Å². The highest BCUT2D eigenvalue weighted by molar-refractivity contribution is 7.08. The molecule has 1 aromatic heterocycles. The lowest BCUT2D eigenvalue weighted by Gasteiger charge is -2.02. The van der Waals surface area contributed by atoms with Crippen molar-refractivity contribution in [2.75, 3.05) is 0 Å². The van der Waals surface area contributed by atoms with Crippen molar-refractivity contribution in [3.8, 4) is 0 Å². The maximum absolute atomic E-state index is 2.39. The van der Waals surface area contributed by atoms with Gasteiger partial charge in [0.25, 0.3) is 0 Å². The Bertz CT molecular complexity index is 244. The summed E-state index contributed by atoms with van der Waals surface area (Å²) in [6.45, 7) is 4.47. The van der Waals surface area contributed by atoms with E-state index in [-0.39, 0.29) is 0 Å². The van der Waals surface area contributed by atoms with Crippen LogP contribution in [-0.4, -0.2) is 0 Å². The summed E-state index contributed by atoms with van der Waals surface area (Å²) < 4.78 is 0. The SMILES string of the molecule is CCC/C=C(\CCC)c1ccsc1. The zero-order valence-corrected chi connectivity index (χ0v) is 9.36. The Morgan fingerprint density at radius 3 is 2.77 bits per heavy atom. The van der Waals surface area contributed by atoms with Crippen LogP contribution in [0, 0.1) is 0 Å². The van der Waals surface area contributed by atoms with Gasteiger partial charge in [0.1, 0.15) is 0 Å². The van der Waals surface area contributed by atoms with Gasteiger partial charge in [-0.15, -0.1) is 0 Å². The van der Waals surface area contributed by atoms with Crippen LogP contribution in [0.15, 0.2) is 22.9 Å². The van der Waals surface area contributed by atoms with Crippen LogP contribution in [0.3, 0.4) is 0 Å². The molecule has 0 aliphatic rings. The predicted molar refractivity (Wildman–Crippen MR) is 62.1 cm³/mol. The van der Waals surface area contributed by atoms with Gasteiger partial charge >= 0.3 is 0 Å². The average molecular weight is 194 g/mol. The molecule has 0 saturated carbocycles. The number of allylic oxidation sites excluding steroid dienone is 2. The van der Waals surface area contributed by atoms with E-state index in [2.05, 4.69) is 36.7 Å². The van der Waals surface area contributed by atoms with Crippen LogP contribution < -0.4 is 0 Å². The summed E-state index contributed by atoms with van der Waals surface area (Å²) >= 11 is 1.79. The minimum Gasteiger partial charge on any atom is -0.152 e. The highest BCUT2D eigenvalue weighted by Crippen LogP contribution is 2.22. The van der Waals surface area contributed by atoms with Crippen LogP contribution in [0.1, 0.15) is 45.1 Å². The van der Waals surface area contributed by atoms with Gasteiger partial charge in [-0.2, -0.15) is 11.3 Å². The fourth-order valence-electron chi connectivity index (χ4n) is 1.40. The van der Waals surface area contributed by atoms with Crippen molar-refractivity contribution in [3.63, 3.8) is 0 Å². The van der Waals surface area contributed by atoms with Crippen LogP contribution in [-0.2, 0) is 0 Å². The Kier molecular flexibility index (Phi) is 4.84. The second-order valence-electron chi connectivity index (χ2n) is 3.28. The maximum Gasteiger partial charge on any atom is -0.00181 e. The summed E-state index contributed by atoms with van der Waals surface area (Å²) in [5.74, 6) is 0. The molecule has 0 N–H and O–H groups in total. The monoisotopic (exact) mass is 194 g/mol. The smallest absolute Gasteiger partial charge is 0.00181 e. The Morgan fingerprint density at radius 2 is 2.23 bits per heavy atom. The Labute approximate surface area is 85.3 Å². The van der Waals surface area contributed by atoms with Gasteiger partial charge in [0.05, 0.1) is 0 Å². The summed E-state index contributed by atoms with van der Waals surface area (Å²) in [6, 6.07) is 2.22. The summed E-state index contributed by atoms with van der Waals surface area (Å²) in [5.41, 5.74) is 2.96. The van der Waals surface area contributed by atoms with Crippen LogP contribution in [0.2, 0.25) is 0 Å². The van der Waals surface area contributed by atoms with Gasteiger partial charge in [0, 0.05) is 0 Å². The topological polar surface area (TPSA) is 0 Å². The average Bonchev–Trinajstić information content (AvgIpc) is 2.65. The van der Waals surface area contributed by atoms with E-state index < -0.39 is 0 Å². The molecule has 0 radical (unpaired) electrons. The lowest BCUT2D eigenvalue weighted by molar-refractivity contribution is 0.933. The van der Waals surface area contributed by atoms with Crippen LogP contribution in [0.4, 0.5) is 0 Å². The molecule has 0 aromatic carbocycles. The quantitative estimate of drug-likeness (QED) is 0.635. The highest BCUT2D eigenvalue weighted by atomic mass is 32.1. The first-order valence-corrected chi connectivity index (χ1v) is 6.04. The fourth-order valence-corrected chi connectivity index (χ4v) is 2.08. The summed E-state index contributed by atoms with van der Waals surface area (Å²) in [4.78, 5) is 0. The lowest BCUT2D eigenvalue weighted by Crippen LogP contribution is -1.81. The van der Waals surface area contributed by atoms with Crippen LogP contribution >= 0.6 is 11.3 Å². The van der Waals surface area contributed by atoms with E-state index in [0.29, 0.717) is 0 Å². The number of unbranched alkanes of at least 4 members (excludes halogenated alkanes) is 1. The third kappa shape index (κ3) is 3.35. The van der Waals surface area contributed by atoms with Crippen LogP contribution in [0.5, 0.6) is 0 Å². The largest absolute Gasteiger partial charge is 0.152 e. The molecular weight excluding hydrogens is 176 g/mol. The fraction of sp³-hybridized carbons (Fsp3) is 0.500. The van der Waals surface area contributed by atoms with Gasteiger partial charge in [-0.05, 0) is 40.8 Å². The second kappa shape index (κ2) is 5.98. The molecule has 13 heavy (non-hydrogen) atoms. The first kappa shape index (κ1) is 10.5. The van der Waals surface area contributed by atoms with Gasteiger partial charge in [-0.25, -0.2) is 0 Å². The number of hydrogen-bond acceptors (Lipinski definition) is 1. The molecule has 0 amide bonds. The Balaban J connectivity index is 2.68. The molecule has 1 heterocycles. The normalized spacial score (nSPS) is 12.0. The molecule has 0 bridgehead atoms. The van der Waals surface area contributed by atoms with E-state index in [9.17, 15) is 0 Å². The maximum atomic E-state index is 2.39. The van der Waals surface area contributed by atoms with Crippen molar-refractivity contribution in [3.05, 3.63) is 28.5 Å². The van der Waals surface area contributed by atoms with Gasteiger partial charge in [0.15, 0.2) is 0 Å². The highest BCUT2D eigenvalue weighted by Gasteiger charge is 1.99. The van der Waals surface area contributed by atoms with Crippen molar-refractivity contribution < 1.29 is 0 Å². The van der Waals surface area contributed by atoms with Gasteiger partial charge in [0.2, 0.25) is 0 Å². The Hall–Kier alpha value is -0.560. The number of rotatable bonds is 5. The summed E-state index contributed by atoms with van der Waals surface area (Å²) in [7, 11) is 0. The van der Waals surface area contributed by atoms with Crippen molar-refractivity contribution in [2.24, 2.45) is 0 Å². The minimum absolute atomic E-state index is 1.21. The first-order valence-electron chi connectivity index (χ1n) is 5.10. The lowest BCUT2D eigenvalue weighted by atomic mass is 10.0. The van der Waals surface area contributed by atoms with E-state index in [0.717, 1.165) is 0 Å². The number of hydrogen-bond donors (Lipinski definition) is 0. The first-order chi connectivity index (χ1) is 6.38. The van der Waals surface area contributed by atoms with Crippen molar-refractivity contribution >= 4 is 16.9 Å². The van der Waals surface area contributed by atoms with Crippen LogP contribution in [0.25, 0.3) is 5.57 Å². The van der Waals surface area contributed by atoms with E-state index in [4.69, 9.17) is 0 Å². The summed E-state index contributed by atoms with van der Waals surface area (Å²) in [5, 5.41) is 4.40. The third-order valence-electron chi connectivity index (χ3n) is 2.09. The molecule has 0 aliphatic carbocycles. The van der Waals surface area contributed by atoms with Crippen molar-refractivity contribution in [1.29, 1.82) is 0 Å². The van der Waals surface area contributed by atoms with Crippen molar-refractivity contribution in [2.45, 2.75) is 39.5 Å². The zero-order valence-electron chi connectivity index (χ0n) is 8.55. The molecule has 0 atom stereocenters. The molecule has 0 unspecified atom stereocenters. The minimum atomic E-state index is 1.21. The summed E-state index contributed by atoms with van der Waals surface area (Å²) in [6.07, 6.45) is 7.32. The van der Waals surface area contributed by atoms with E-state index in [1.165, 1.54) is 36.8 Å². The number of thiophene rings is 1.